The molecule has 3 rings (SSSR count). The van der Waals surface area contributed by atoms with Gasteiger partial charge in [0, 0.05) is 19.3 Å². The van der Waals surface area contributed by atoms with Gasteiger partial charge < -0.3 is 19.1 Å². The van der Waals surface area contributed by atoms with Crippen molar-refractivity contribution in [2.45, 2.75) is 38.6 Å². The van der Waals surface area contributed by atoms with Crippen LogP contribution in [0.15, 0.2) is 24.3 Å². The van der Waals surface area contributed by atoms with Crippen molar-refractivity contribution in [1.29, 1.82) is 0 Å². The number of aromatic nitrogens is 1. The van der Waals surface area contributed by atoms with E-state index in [-0.39, 0.29) is 0 Å². The number of nitrogens with zero attached hydrogens (tertiary/aromatic N) is 2. The van der Waals surface area contributed by atoms with Gasteiger partial charge in [0.25, 0.3) is 0 Å². The Morgan fingerprint density at radius 1 is 1.07 bits per heavy atom. The number of fused-ring (bicyclic) bond motifs is 1. The van der Waals surface area contributed by atoms with Crippen molar-refractivity contribution >= 4 is 17.8 Å². The van der Waals surface area contributed by atoms with Crippen molar-refractivity contribution in [3.63, 3.8) is 0 Å². The smallest absolute Gasteiger partial charge is 0.327 e. The van der Waals surface area contributed by atoms with Gasteiger partial charge in [0.2, 0.25) is 0 Å². The SMILES string of the molecule is COC(=O)C1(C(=O)OC)CCc2c(C)nc(N(C)Cc3ccc(OC)cc3)c(C)c21. The second-order valence-electron chi connectivity index (χ2n) is 7.59. The van der Waals surface area contributed by atoms with Crippen LogP contribution in [0.5, 0.6) is 5.75 Å². The zero-order valence-corrected chi connectivity index (χ0v) is 18.4. The molecule has 1 aliphatic rings. The summed E-state index contributed by atoms with van der Waals surface area (Å²) in [5.74, 6) is 0.335. The number of aryl methyl sites for hydroxylation is 1. The van der Waals surface area contributed by atoms with E-state index in [4.69, 9.17) is 19.2 Å². The zero-order valence-electron chi connectivity index (χ0n) is 18.4. The van der Waals surface area contributed by atoms with Crippen LogP contribution in [0.1, 0.15) is 34.4 Å². The molecule has 30 heavy (non-hydrogen) atoms. The Morgan fingerprint density at radius 3 is 2.20 bits per heavy atom. The topological polar surface area (TPSA) is 78.0 Å². The monoisotopic (exact) mass is 412 g/mol. The fourth-order valence-electron chi connectivity index (χ4n) is 4.44. The standard InChI is InChI=1S/C23H28N2O5/c1-14-19-18(11-12-23(19,21(26)29-5)22(27)30-6)15(2)24-20(14)25(3)13-16-7-9-17(28-4)10-8-16/h7-10H,11-13H2,1-6H3. The van der Waals surface area contributed by atoms with Crippen molar-refractivity contribution in [2.75, 3.05) is 33.3 Å². The van der Waals surface area contributed by atoms with Crippen LogP contribution in [0.3, 0.4) is 0 Å². The highest BCUT2D eigenvalue weighted by atomic mass is 16.5. The van der Waals surface area contributed by atoms with Gasteiger partial charge in [-0.1, -0.05) is 12.1 Å². The molecular weight excluding hydrogens is 384 g/mol. The van der Waals surface area contributed by atoms with Crippen molar-refractivity contribution in [3.05, 3.63) is 52.2 Å². The number of ether oxygens (including phenoxy) is 3. The molecule has 0 fully saturated rings. The fourth-order valence-corrected chi connectivity index (χ4v) is 4.44. The summed E-state index contributed by atoms with van der Waals surface area (Å²) >= 11 is 0. The largest absolute Gasteiger partial charge is 0.497 e. The van der Waals surface area contributed by atoms with Gasteiger partial charge in [-0.2, -0.15) is 0 Å². The lowest BCUT2D eigenvalue weighted by Crippen LogP contribution is -2.44. The maximum absolute atomic E-state index is 12.8. The van der Waals surface area contributed by atoms with Crippen LogP contribution in [0, 0.1) is 13.8 Å². The Hall–Kier alpha value is -3.09. The summed E-state index contributed by atoms with van der Waals surface area (Å²) in [4.78, 5) is 32.5. The first kappa shape index (κ1) is 21.6. The van der Waals surface area contributed by atoms with Gasteiger partial charge in [-0.05, 0) is 61.1 Å². The minimum absolute atomic E-state index is 0.316. The van der Waals surface area contributed by atoms with E-state index in [2.05, 4.69) is 0 Å². The first-order valence-electron chi connectivity index (χ1n) is 9.81. The Morgan fingerprint density at radius 2 is 1.67 bits per heavy atom. The van der Waals surface area contributed by atoms with E-state index < -0.39 is 17.4 Å². The third kappa shape index (κ3) is 3.38. The number of carbonyl (C=O) groups is 2. The van der Waals surface area contributed by atoms with Crippen LogP contribution in [-0.2, 0) is 37.4 Å². The number of benzene rings is 1. The van der Waals surface area contributed by atoms with Crippen LogP contribution in [0.2, 0.25) is 0 Å². The second kappa shape index (κ2) is 8.34. The summed E-state index contributed by atoms with van der Waals surface area (Å²) in [5.41, 5.74) is 2.83. The molecule has 0 saturated heterocycles. The number of esters is 2. The van der Waals surface area contributed by atoms with Crippen LogP contribution in [0.4, 0.5) is 5.82 Å². The highest BCUT2D eigenvalue weighted by Crippen LogP contribution is 2.46. The molecule has 0 spiro atoms. The third-order valence-electron chi connectivity index (χ3n) is 5.91. The zero-order chi connectivity index (χ0) is 22.1. The minimum Gasteiger partial charge on any atom is -0.497 e. The lowest BCUT2D eigenvalue weighted by atomic mass is 9.79. The molecule has 0 unspecified atom stereocenters. The number of anilines is 1. The first-order valence-corrected chi connectivity index (χ1v) is 9.81. The van der Waals surface area contributed by atoms with Crippen LogP contribution in [-0.4, -0.2) is 45.3 Å². The minimum atomic E-state index is -1.45. The summed E-state index contributed by atoms with van der Waals surface area (Å²) in [6.45, 7) is 4.42. The highest BCUT2D eigenvalue weighted by Gasteiger charge is 2.55. The summed E-state index contributed by atoms with van der Waals surface area (Å²) < 4.78 is 15.3. The maximum atomic E-state index is 12.8. The molecule has 0 N–H and O–H groups in total. The number of hydrogen-bond donors (Lipinski definition) is 0. The molecule has 0 radical (unpaired) electrons. The van der Waals surface area contributed by atoms with E-state index in [9.17, 15) is 9.59 Å². The van der Waals surface area contributed by atoms with Gasteiger partial charge in [0.05, 0.1) is 21.3 Å². The fraction of sp³-hybridized carbons (Fsp3) is 0.435. The molecule has 1 aliphatic carbocycles. The first-order chi connectivity index (χ1) is 14.3. The van der Waals surface area contributed by atoms with Gasteiger partial charge in [0.15, 0.2) is 5.41 Å². The average molecular weight is 412 g/mol. The Balaban J connectivity index is 2.07. The molecule has 7 heteroatoms. The number of rotatable bonds is 6. The Bertz CT molecular complexity index is 953. The molecule has 0 saturated carbocycles. The molecular formula is C23H28N2O5. The van der Waals surface area contributed by atoms with Gasteiger partial charge in [-0.3, -0.25) is 9.59 Å². The van der Waals surface area contributed by atoms with Gasteiger partial charge >= 0.3 is 11.9 Å². The average Bonchev–Trinajstić information content (AvgIpc) is 3.18. The number of carbonyl (C=O) groups excluding carboxylic acids is 2. The Kier molecular flexibility index (Phi) is 6.01. The Labute approximate surface area is 177 Å². The summed E-state index contributed by atoms with van der Waals surface area (Å²) in [7, 11) is 6.17. The van der Waals surface area contributed by atoms with Crippen molar-refractivity contribution in [1.82, 2.24) is 4.98 Å². The van der Waals surface area contributed by atoms with E-state index in [0.717, 1.165) is 34.0 Å². The van der Waals surface area contributed by atoms with E-state index in [1.54, 1.807) is 7.11 Å². The number of hydrogen-bond acceptors (Lipinski definition) is 7. The summed E-state index contributed by atoms with van der Waals surface area (Å²) in [6.07, 6.45) is 0.887. The van der Waals surface area contributed by atoms with Crippen LogP contribution >= 0.6 is 0 Å². The molecule has 0 aliphatic heterocycles. The summed E-state index contributed by atoms with van der Waals surface area (Å²) in [6, 6.07) is 7.82. The molecule has 0 bridgehead atoms. The van der Waals surface area contributed by atoms with Crippen molar-refractivity contribution in [2.24, 2.45) is 0 Å². The number of methoxy groups -OCH3 is 3. The molecule has 160 valence electrons. The quantitative estimate of drug-likeness (QED) is 0.533. The van der Waals surface area contributed by atoms with Crippen LogP contribution in [0.25, 0.3) is 0 Å². The normalized spacial score (nSPS) is 14.1. The molecule has 1 aromatic heterocycles. The predicted molar refractivity (Wildman–Crippen MR) is 113 cm³/mol. The number of pyridine rings is 1. The lowest BCUT2D eigenvalue weighted by Gasteiger charge is -2.29. The van der Waals surface area contributed by atoms with Gasteiger partial charge in [-0.25, -0.2) is 4.98 Å². The lowest BCUT2D eigenvalue weighted by molar-refractivity contribution is -0.162. The van der Waals surface area contributed by atoms with Crippen molar-refractivity contribution in [3.8, 4) is 5.75 Å². The van der Waals surface area contributed by atoms with Crippen LogP contribution < -0.4 is 9.64 Å². The molecule has 0 atom stereocenters. The molecule has 2 aromatic rings. The molecule has 1 heterocycles. The van der Waals surface area contributed by atoms with Crippen molar-refractivity contribution < 1.29 is 23.8 Å². The van der Waals surface area contributed by atoms with Gasteiger partial charge in [-0.15, -0.1) is 0 Å². The van der Waals surface area contributed by atoms with E-state index in [0.29, 0.717) is 24.9 Å². The van der Waals surface area contributed by atoms with E-state index in [1.807, 2.05) is 50.1 Å². The second-order valence-corrected chi connectivity index (χ2v) is 7.59. The third-order valence-corrected chi connectivity index (χ3v) is 5.91. The van der Waals surface area contributed by atoms with Gasteiger partial charge in [0.1, 0.15) is 11.6 Å². The molecule has 0 amide bonds. The summed E-state index contributed by atoms with van der Waals surface area (Å²) in [5, 5.41) is 0. The molecule has 1 aromatic carbocycles. The highest BCUT2D eigenvalue weighted by molar-refractivity contribution is 6.08. The maximum Gasteiger partial charge on any atom is 0.327 e. The molecule has 7 nitrogen and oxygen atoms in total. The van der Waals surface area contributed by atoms with E-state index in [1.165, 1.54) is 14.2 Å². The predicted octanol–water partition coefficient (Wildman–Crippen LogP) is 2.87. The van der Waals surface area contributed by atoms with E-state index >= 15 is 0 Å².